The fourth-order valence-corrected chi connectivity index (χ4v) is 4.15. The van der Waals surface area contributed by atoms with Gasteiger partial charge in [-0.2, -0.15) is 0 Å². The molecule has 3 saturated carbocycles. The van der Waals surface area contributed by atoms with Crippen LogP contribution < -0.4 is 0 Å². The predicted octanol–water partition coefficient (Wildman–Crippen LogP) is 3.76. The van der Waals surface area contributed by atoms with Gasteiger partial charge in [0.25, 0.3) is 0 Å². The van der Waals surface area contributed by atoms with Crippen LogP contribution in [0, 0.1) is 11.8 Å². The summed E-state index contributed by atoms with van der Waals surface area (Å²) in [4.78, 5) is 24.5. The zero-order chi connectivity index (χ0) is 15.4. The van der Waals surface area contributed by atoms with Crippen molar-refractivity contribution in [2.45, 2.75) is 89.3 Å². The quantitative estimate of drug-likeness (QED) is 0.742. The molecule has 3 aliphatic rings. The maximum atomic E-state index is 12.2. The average Bonchev–Trinajstić information content (AvgIpc) is 3.23. The Balaban J connectivity index is 1.53. The Hall–Kier alpha value is -1.06. The number of ether oxygens (including phenoxy) is 2. The van der Waals surface area contributed by atoms with Gasteiger partial charge in [-0.3, -0.25) is 9.59 Å². The number of carbonyl (C=O) groups is 2. The van der Waals surface area contributed by atoms with E-state index in [1.54, 1.807) is 0 Å². The van der Waals surface area contributed by atoms with Crippen molar-refractivity contribution >= 4 is 11.9 Å². The molecule has 3 fully saturated rings. The first-order chi connectivity index (χ1) is 10.7. The molecule has 2 atom stereocenters. The number of hydrogen-bond acceptors (Lipinski definition) is 4. The molecule has 22 heavy (non-hydrogen) atoms. The fourth-order valence-electron chi connectivity index (χ4n) is 4.15. The first-order valence-corrected chi connectivity index (χ1v) is 9.15. The van der Waals surface area contributed by atoms with E-state index in [1.807, 2.05) is 0 Å². The number of esters is 2. The first kappa shape index (κ1) is 15.8. The first-order valence-electron chi connectivity index (χ1n) is 9.15. The van der Waals surface area contributed by atoms with E-state index in [0.29, 0.717) is 0 Å². The molecular weight excluding hydrogens is 280 g/mol. The Morgan fingerprint density at radius 3 is 1.23 bits per heavy atom. The predicted molar refractivity (Wildman–Crippen MR) is 82.1 cm³/mol. The average molecular weight is 308 g/mol. The third kappa shape index (κ3) is 3.82. The van der Waals surface area contributed by atoms with Crippen molar-refractivity contribution in [1.82, 2.24) is 0 Å². The van der Waals surface area contributed by atoms with E-state index in [1.165, 1.54) is 0 Å². The Kier molecular flexibility index (Phi) is 5.37. The minimum atomic E-state index is -0.216. The van der Waals surface area contributed by atoms with E-state index < -0.39 is 0 Å². The van der Waals surface area contributed by atoms with E-state index in [4.69, 9.17) is 9.47 Å². The van der Waals surface area contributed by atoms with Gasteiger partial charge in [0.2, 0.25) is 0 Å². The lowest BCUT2D eigenvalue weighted by Gasteiger charge is -2.32. The van der Waals surface area contributed by atoms with Gasteiger partial charge < -0.3 is 9.47 Å². The van der Waals surface area contributed by atoms with Crippen LogP contribution >= 0.6 is 0 Å². The normalized spacial score (nSPS) is 30.4. The molecule has 3 rings (SSSR count). The maximum Gasteiger partial charge on any atom is 0.309 e. The maximum absolute atomic E-state index is 12.2. The summed E-state index contributed by atoms with van der Waals surface area (Å²) in [6.07, 6.45) is 11.7. The second-order valence-corrected chi connectivity index (χ2v) is 7.20. The molecule has 0 heterocycles. The third-order valence-electron chi connectivity index (χ3n) is 5.55. The van der Waals surface area contributed by atoms with E-state index in [9.17, 15) is 9.59 Å². The van der Waals surface area contributed by atoms with E-state index in [-0.39, 0.29) is 36.0 Å². The molecule has 0 aliphatic heterocycles. The largest absolute Gasteiger partial charge is 0.458 e. The van der Waals surface area contributed by atoms with Crippen molar-refractivity contribution < 1.29 is 19.1 Å². The molecule has 3 aliphatic carbocycles. The van der Waals surface area contributed by atoms with Crippen molar-refractivity contribution in [3.63, 3.8) is 0 Å². The lowest BCUT2D eigenvalue weighted by Crippen LogP contribution is -2.39. The van der Waals surface area contributed by atoms with E-state index >= 15 is 0 Å². The molecule has 0 saturated heterocycles. The van der Waals surface area contributed by atoms with Crippen LogP contribution in [0.4, 0.5) is 0 Å². The number of carbonyl (C=O) groups excluding carboxylic acids is 2. The van der Waals surface area contributed by atoms with E-state index in [2.05, 4.69) is 0 Å². The zero-order valence-electron chi connectivity index (χ0n) is 13.4. The van der Waals surface area contributed by atoms with Crippen molar-refractivity contribution in [3.05, 3.63) is 0 Å². The second-order valence-electron chi connectivity index (χ2n) is 7.20. The molecular formula is C18H28O4. The highest BCUT2D eigenvalue weighted by Crippen LogP contribution is 2.31. The summed E-state index contributed by atoms with van der Waals surface area (Å²) in [6.45, 7) is 0. The summed E-state index contributed by atoms with van der Waals surface area (Å²) in [7, 11) is 0. The van der Waals surface area contributed by atoms with Crippen molar-refractivity contribution in [2.24, 2.45) is 11.8 Å². The van der Waals surface area contributed by atoms with Crippen molar-refractivity contribution in [1.29, 1.82) is 0 Å². The molecule has 4 nitrogen and oxygen atoms in total. The standard InChI is InChI=1S/C18H28O4/c19-17(13-7-1-2-8-13)21-15-11-5-6-12-16(15)22-18(20)14-9-3-4-10-14/h13-16H,1-12H2/t15-,16-/m1/s1. The topological polar surface area (TPSA) is 52.6 Å². The van der Waals surface area contributed by atoms with Crippen LogP contribution in [-0.2, 0) is 19.1 Å². The van der Waals surface area contributed by atoms with Crippen LogP contribution in [0.25, 0.3) is 0 Å². The SMILES string of the molecule is O=C(O[C@@H]1CCCC[C@H]1OC(=O)C1CCCC1)C1CCCC1. The van der Waals surface area contributed by atoms with Crippen LogP contribution in [0.15, 0.2) is 0 Å². The summed E-state index contributed by atoms with van der Waals surface area (Å²) in [5.41, 5.74) is 0. The number of hydrogen-bond donors (Lipinski definition) is 0. The summed E-state index contributed by atoms with van der Waals surface area (Å²) < 4.78 is 11.5. The monoisotopic (exact) mass is 308 g/mol. The molecule has 0 aromatic rings. The van der Waals surface area contributed by atoms with Gasteiger partial charge >= 0.3 is 11.9 Å². The van der Waals surface area contributed by atoms with Gasteiger partial charge in [-0.15, -0.1) is 0 Å². The van der Waals surface area contributed by atoms with Crippen LogP contribution in [0.3, 0.4) is 0 Å². The molecule has 0 aromatic heterocycles. The summed E-state index contributed by atoms with van der Waals surface area (Å²) in [6, 6.07) is 0. The Bertz CT molecular complexity index is 356. The molecule has 0 bridgehead atoms. The molecule has 4 heteroatoms. The molecule has 0 unspecified atom stereocenters. The minimum Gasteiger partial charge on any atom is -0.458 e. The zero-order valence-corrected chi connectivity index (χ0v) is 13.4. The highest BCUT2D eigenvalue weighted by molar-refractivity contribution is 5.74. The lowest BCUT2D eigenvalue weighted by molar-refractivity contribution is -0.176. The summed E-state index contributed by atoms with van der Waals surface area (Å²) in [5, 5.41) is 0. The molecule has 0 amide bonds. The van der Waals surface area contributed by atoms with E-state index in [0.717, 1.165) is 77.0 Å². The van der Waals surface area contributed by atoms with Crippen molar-refractivity contribution in [2.75, 3.05) is 0 Å². The van der Waals surface area contributed by atoms with Gasteiger partial charge in [-0.25, -0.2) is 0 Å². The van der Waals surface area contributed by atoms with Crippen LogP contribution in [-0.4, -0.2) is 24.1 Å². The van der Waals surface area contributed by atoms with Gasteiger partial charge in [-0.05, 0) is 51.4 Å². The second kappa shape index (κ2) is 7.47. The van der Waals surface area contributed by atoms with Gasteiger partial charge in [-0.1, -0.05) is 25.7 Å². The Morgan fingerprint density at radius 1 is 0.545 bits per heavy atom. The highest BCUT2D eigenvalue weighted by Gasteiger charge is 2.35. The molecule has 0 N–H and O–H groups in total. The van der Waals surface area contributed by atoms with Crippen LogP contribution in [0.5, 0.6) is 0 Å². The van der Waals surface area contributed by atoms with Gasteiger partial charge in [0.15, 0.2) is 0 Å². The van der Waals surface area contributed by atoms with Gasteiger partial charge in [0, 0.05) is 0 Å². The lowest BCUT2D eigenvalue weighted by atomic mass is 9.94. The molecule has 124 valence electrons. The molecule has 0 radical (unpaired) electrons. The summed E-state index contributed by atoms with van der Waals surface area (Å²) in [5.74, 6) is 0.0267. The highest BCUT2D eigenvalue weighted by atomic mass is 16.6. The Morgan fingerprint density at radius 2 is 0.864 bits per heavy atom. The fraction of sp³-hybridized carbons (Fsp3) is 0.889. The molecule has 0 spiro atoms. The summed E-state index contributed by atoms with van der Waals surface area (Å²) >= 11 is 0. The van der Waals surface area contributed by atoms with Crippen LogP contribution in [0.2, 0.25) is 0 Å². The molecule has 0 aromatic carbocycles. The number of rotatable bonds is 4. The van der Waals surface area contributed by atoms with Gasteiger partial charge in [0.05, 0.1) is 11.8 Å². The Labute approximate surface area is 132 Å². The van der Waals surface area contributed by atoms with Crippen molar-refractivity contribution in [3.8, 4) is 0 Å². The van der Waals surface area contributed by atoms with Gasteiger partial charge in [0.1, 0.15) is 12.2 Å². The smallest absolute Gasteiger partial charge is 0.309 e. The minimum absolute atomic E-state index is 0.0636. The third-order valence-corrected chi connectivity index (χ3v) is 5.55. The van der Waals surface area contributed by atoms with Crippen LogP contribution in [0.1, 0.15) is 77.0 Å².